The summed E-state index contributed by atoms with van der Waals surface area (Å²) in [4.78, 5) is 15.1. The van der Waals surface area contributed by atoms with Crippen LogP contribution in [0.1, 0.15) is 47.2 Å². The molecule has 0 bridgehead atoms. The topological polar surface area (TPSA) is 34.9 Å². The van der Waals surface area contributed by atoms with Gasteiger partial charge in [-0.25, -0.2) is 4.98 Å². The van der Waals surface area contributed by atoms with E-state index in [4.69, 9.17) is 0 Å². The molecular weight excluding hydrogens is 200 g/mol. The third-order valence-electron chi connectivity index (χ3n) is 1.97. The lowest BCUT2D eigenvalue weighted by atomic mass is 10.0. The van der Waals surface area contributed by atoms with E-state index in [2.05, 4.69) is 4.98 Å². The van der Waals surface area contributed by atoms with Crippen LogP contribution in [0.5, 0.6) is 0 Å². The minimum absolute atomic E-state index is 0.0832. The van der Waals surface area contributed by atoms with Crippen LogP contribution in [0.2, 0.25) is 0 Å². The van der Waals surface area contributed by atoms with E-state index >= 15 is 0 Å². The summed E-state index contributed by atoms with van der Waals surface area (Å²) in [7, 11) is 1.93. The number of hydrogen-bond acceptors (Lipinski definition) is 2. The van der Waals surface area contributed by atoms with E-state index in [0.717, 1.165) is 12.1 Å². The van der Waals surface area contributed by atoms with E-state index in [1.807, 2.05) is 52.4 Å². The molecule has 0 fully saturated rings. The monoisotopic (exact) mass is 226 g/mol. The zero-order chi connectivity index (χ0) is 13.1. The van der Waals surface area contributed by atoms with E-state index in [0.29, 0.717) is 0 Å². The Morgan fingerprint density at radius 3 is 2.19 bits per heavy atom. The number of Topliss-reactive ketones (excluding diaryl/α,β-unsaturated/α-hetero) is 1. The largest absolute Gasteiger partial charge is 0.340 e. The van der Waals surface area contributed by atoms with Crippen molar-refractivity contribution in [1.29, 1.82) is 0 Å². The molecule has 0 saturated heterocycles. The number of nitrogens with zero attached hydrogens (tertiary/aromatic N) is 2. The average Bonchev–Trinajstić information content (AvgIpc) is 2.69. The number of rotatable bonds is 3. The Labute approximate surface area is 99.9 Å². The summed E-state index contributed by atoms with van der Waals surface area (Å²) in [6, 6.07) is 0. The Morgan fingerprint density at radius 1 is 1.38 bits per heavy atom. The molecule has 0 amide bonds. The van der Waals surface area contributed by atoms with Gasteiger partial charge in [-0.15, -0.1) is 0 Å². The van der Waals surface area contributed by atoms with E-state index in [1.165, 1.54) is 0 Å². The number of ketones is 1. The number of aryl methyl sites for hydroxylation is 1. The number of aromatic nitrogens is 2. The first-order valence-corrected chi connectivity index (χ1v) is 6.07. The fourth-order valence-electron chi connectivity index (χ4n) is 1.03. The van der Waals surface area contributed by atoms with Gasteiger partial charge < -0.3 is 4.57 Å². The van der Waals surface area contributed by atoms with E-state index in [1.54, 1.807) is 13.3 Å². The zero-order valence-corrected chi connectivity index (χ0v) is 11.7. The maximum Gasteiger partial charge on any atom is 0.133 e. The summed E-state index contributed by atoms with van der Waals surface area (Å²) in [5.41, 5.74) is 0.986. The minimum atomic E-state index is 0.0832. The first kappa shape index (κ1) is 17.3. The third-order valence-corrected chi connectivity index (χ3v) is 1.97. The van der Waals surface area contributed by atoms with Crippen molar-refractivity contribution in [2.45, 2.75) is 48.0 Å². The van der Waals surface area contributed by atoms with Crippen molar-refractivity contribution >= 4 is 5.78 Å². The van der Waals surface area contributed by atoms with Gasteiger partial charge >= 0.3 is 0 Å². The summed E-state index contributed by atoms with van der Waals surface area (Å²) in [6.07, 6.45) is 4.44. The maximum atomic E-state index is 10.9. The van der Waals surface area contributed by atoms with Crippen LogP contribution in [0, 0.1) is 5.92 Å². The second kappa shape index (κ2) is 10.4. The molecule has 0 aliphatic rings. The Kier molecular flexibility index (Phi) is 11.2. The molecular formula is C13H26N2O. The fourth-order valence-corrected chi connectivity index (χ4v) is 1.03. The molecule has 16 heavy (non-hydrogen) atoms. The van der Waals surface area contributed by atoms with Crippen LogP contribution in [0.4, 0.5) is 0 Å². The highest BCUT2D eigenvalue weighted by Gasteiger charge is 2.09. The van der Waals surface area contributed by atoms with Gasteiger partial charge in [0.1, 0.15) is 5.78 Å². The van der Waals surface area contributed by atoms with Gasteiger partial charge in [-0.1, -0.05) is 34.6 Å². The van der Waals surface area contributed by atoms with Crippen LogP contribution < -0.4 is 0 Å². The highest BCUT2D eigenvalue weighted by atomic mass is 16.1. The first-order chi connectivity index (χ1) is 7.59. The standard InChI is InChI=1S/C9H14N2O.2C2H6/c1-7(8(2)12)4-9-5-11(3)6-10-9;2*1-2/h5-7H,4H2,1-3H3;2*1-2H3. The molecule has 1 rings (SSSR count). The first-order valence-electron chi connectivity index (χ1n) is 6.07. The lowest BCUT2D eigenvalue weighted by Gasteiger charge is -2.02. The van der Waals surface area contributed by atoms with E-state index in [9.17, 15) is 4.79 Å². The van der Waals surface area contributed by atoms with Gasteiger partial charge in [-0.3, -0.25) is 4.79 Å². The summed E-state index contributed by atoms with van der Waals surface area (Å²) >= 11 is 0. The molecule has 0 aliphatic heterocycles. The second-order valence-corrected chi connectivity index (χ2v) is 3.25. The molecule has 0 saturated carbocycles. The normalized spacial score (nSPS) is 10.4. The molecule has 0 aliphatic carbocycles. The average molecular weight is 226 g/mol. The molecule has 0 N–H and O–H groups in total. The fraction of sp³-hybridized carbons (Fsp3) is 0.692. The molecule has 3 heteroatoms. The van der Waals surface area contributed by atoms with Gasteiger partial charge in [-0.2, -0.15) is 0 Å². The Hall–Kier alpha value is -1.12. The summed E-state index contributed by atoms with van der Waals surface area (Å²) < 4.78 is 1.89. The van der Waals surface area contributed by atoms with Crippen molar-refractivity contribution in [2.75, 3.05) is 0 Å². The van der Waals surface area contributed by atoms with Crippen molar-refractivity contribution in [3.05, 3.63) is 18.2 Å². The lowest BCUT2D eigenvalue weighted by molar-refractivity contribution is -0.120. The summed E-state index contributed by atoms with van der Waals surface area (Å²) in [5, 5.41) is 0. The van der Waals surface area contributed by atoms with Crippen molar-refractivity contribution in [2.24, 2.45) is 13.0 Å². The number of carbonyl (C=O) groups is 1. The summed E-state index contributed by atoms with van der Waals surface area (Å²) in [5.74, 6) is 0.306. The predicted molar refractivity (Wildman–Crippen MR) is 69.5 cm³/mol. The molecule has 0 aromatic carbocycles. The number of hydrogen-bond donors (Lipinski definition) is 0. The van der Waals surface area contributed by atoms with E-state index in [-0.39, 0.29) is 11.7 Å². The van der Waals surface area contributed by atoms with Crippen molar-refractivity contribution in [1.82, 2.24) is 9.55 Å². The molecule has 1 unspecified atom stereocenters. The Balaban J connectivity index is 0. The Bertz CT molecular complexity index is 279. The highest BCUT2D eigenvalue weighted by Crippen LogP contribution is 2.06. The van der Waals surface area contributed by atoms with Gasteiger partial charge in [-0.05, 0) is 6.92 Å². The Morgan fingerprint density at radius 2 is 1.88 bits per heavy atom. The quantitative estimate of drug-likeness (QED) is 0.793. The van der Waals surface area contributed by atoms with Crippen molar-refractivity contribution in [3.8, 4) is 0 Å². The molecule has 0 spiro atoms. The third kappa shape index (κ3) is 7.21. The zero-order valence-electron chi connectivity index (χ0n) is 11.7. The predicted octanol–water partition coefficient (Wildman–Crippen LogP) is 3.24. The lowest BCUT2D eigenvalue weighted by Crippen LogP contribution is -2.09. The molecule has 94 valence electrons. The number of imidazole rings is 1. The second-order valence-electron chi connectivity index (χ2n) is 3.25. The van der Waals surface area contributed by atoms with Gasteiger partial charge in [0.25, 0.3) is 0 Å². The molecule has 0 radical (unpaired) electrons. The molecule has 1 aromatic heterocycles. The van der Waals surface area contributed by atoms with Gasteiger partial charge in [0.2, 0.25) is 0 Å². The van der Waals surface area contributed by atoms with Crippen LogP contribution in [0.25, 0.3) is 0 Å². The van der Waals surface area contributed by atoms with E-state index < -0.39 is 0 Å². The van der Waals surface area contributed by atoms with Crippen molar-refractivity contribution < 1.29 is 4.79 Å². The van der Waals surface area contributed by atoms with Crippen LogP contribution >= 0.6 is 0 Å². The van der Waals surface area contributed by atoms with Gasteiger partial charge in [0.05, 0.1) is 12.0 Å². The molecule has 1 aromatic rings. The molecule has 3 nitrogen and oxygen atoms in total. The SMILES string of the molecule is CC.CC.CC(=O)C(C)Cc1cn(C)cn1. The molecule has 1 heterocycles. The van der Waals surface area contributed by atoms with Crippen LogP contribution in [0.15, 0.2) is 12.5 Å². The van der Waals surface area contributed by atoms with Crippen LogP contribution in [-0.4, -0.2) is 15.3 Å². The minimum Gasteiger partial charge on any atom is -0.340 e. The van der Waals surface area contributed by atoms with Crippen molar-refractivity contribution in [3.63, 3.8) is 0 Å². The smallest absolute Gasteiger partial charge is 0.133 e. The van der Waals surface area contributed by atoms with Crippen LogP contribution in [-0.2, 0) is 18.3 Å². The maximum absolute atomic E-state index is 10.9. The van der Waals surface area contributed by atoms with Crippen LogP contribution in [0.3, 0.4) is 0 Å². The summed E-state index contributed by atoms with van der Waals surface area (Å²) in [6.45, 7) is 11.5. The molecule has 1 atom stereocenters. The van der Waals surface area contributed by atoms with Gasteiger partial charge in [0, 0.05) is 25.6 Å². The van der Waals surface area contributed by atoms with Gasteiger partial charge in [0.15, 0.2) is 0 Å². The number of carbonyl (C=O) groups excluding carboxylic acids is 1. The highest BCUT2D eigenvalue weighted by molar-refractivity contribution is 5.78.